The number of amides is 1. The topological polar surface area (TPSA) is 134 Å². The molecule has 1 amide bonds. The van der Waals surface area contributed by atoms with E-state index < -0.39 is 17.7 Å². The van der Waals surface area contributed by atoms with Crippen LogP contribution >= 0.6 is 0 Å². The van der Waals surface area contributed by atoms with Crippen molar-refractivity contribution in [3.8, 4) is 5.75 Å². The van der Waals surface area contributed by atoms with Gasteiger partial charge in [-0.05, 0) is 12.1 Å². The number of halogens is 1. The number of hydrogen-bond donors (Lipinski definition) is 2. The first kappa shape index (κ1) is 17.1. The first-order chi connectivity index (χ1) is 12.4. The molecule has 26 heavy (non-hydrogen) atoms. The van der Waals surface area contributed by atoms with E-state index in [-0.39, 0.29) is 34.4 Å². The van der Waals surface area contributed by atoms with E-state index in [4.69, 9.17) is 10.5 Å². The number of carbonyl (C=O) groups excluding carboxylic acids is 2. The van der Waals surface area contributed by atoms with E-state index >= 15 is 0 Å². The second kappa shape index (κ2) is 6.63. The van der Waals surface area contributed by atoms with Gasteiger partial charge in [0, 0.05) is 12.3 Å². The summed E-state index contributed by atoms with van der Waals surface area (Å²) >= 11 is 0. The van der Waals surface area contributed by atoms with Gasteiger partial charge in [-0.25, -0.2) is 14.2 Å². The van der Waals surface area contributed by atoms with Crippen molar-refractivity contribution in [3.05, 3.63) is 41.5 Å². The van der Waals surface area contributed by atoms with E-state index in [1.165, 1.54) is 29.8 Å². The standard InChI is InChI=1S/C15H13FN6O4/c1-25-11-6-10(7(5-8(11)16)13(24)26-2)18-12(23)9-3-4-22-14(17)20-21-15(22)19-9/h3-6H,1-2H3,(H2,17,20)(H,18,23). The summed E-state index contributed by atoms with van der Waals surface area (Å²) in [5.74, 6) is -2.16. The lowest BCUT2D eigenvalue weighted by molar-refractivity contribution is 0.0601. The van der Waals surface area contributed by atoms with E-state index in [0.29, 0.717) is 0 Å². The highest BCUT2D eigenvalue weighted by Crippen LogP contribution is 2.27. The van der Waals surface area contributed by atoms with Crippen LogP contribution in [0.3, 0.4) is 0 Å². The van der Waals surface area contributed by atoms with Crippen LogP contribution < -0.4 is 15.8 Å². The summed E-state index contributed by atoms with van der Waals surface area (Å²) in [5.41, 5.74) is 5.41. The van der Waals surface area contributed by atoms with Crippen LogP contribution in [0.15, 0.2) is 24.4 Å². The molecule has 3 rings (SSSR count). The highest BCUT2D eigenvalue weighted by Gasteiger charge is 2.20. The van der Waals surface area contributed by atoms with E-state index in [1.807, 2.05) is 0 Å². The number of nitrogens with two attached hydrogens (primary N) is 1. The maximum Gasteiger partial charge on any atom is 0.340 e. The smallest absolute Gasteiger partial charge is 0.340 e. The van der Waals surface area contributed by atoms with Crippen LogP contribution in [-0.4, -0.2) is 45.7 Å². The minimum absolute atomic E-state index is 0.00255. The van der Waals surface area contributed by atoms with Crippen molar-refractivity contribution < 1.29 is 23.5 Å². The van der Waals surface area contributed by atoms with Crippen LogP contribution in [0.4, 0.5) is 16.0 Å². The Labute approximate surface area is 145 Å². The Hall–Kier alpha value is -3.76. The zero-order valence-electron chi connectivity index (χ0n) is 13.7. The van der Waals surface area contributed by atoms with Crippen molar-refractivity contribution in [1.82, 2.24) is 19.6 Å². The molecule has 0 aliphatic carbocycles. The molecule has 134 valence electrons. The van der Waals surface area contributed by atoms with Gasteiger partial charge in [-0.2, -0.15) is 0 Å². The third-order valence-electron chi connectivity index (χ3n) is 3.48. The molecular weight excluding hydrogens is 347 g/mol. The summed E-state index contributed by atoms with van der Waals surface area (Å²) in [6.07, 6.45) is 1.47. The predicted octanol–water partition coefficient (Wildman–Crippen LogP) is 0.893. The number of anilines is 2. The Kier molecular flexibility index (Phi) is 4.35. The zero-order valence-corrected chi connectivity index (χ0v) is 13.7. The van der Waals surface area contributed by atoms with Gasteiger partial charge in [0.1, 0.15) is 5.69 Å². The summed E-state index contributed by atoms with van der Waals surface area (Å²) in [5, 5.41) is 9.84. The Morgan fingerprint density at radius 1 is 1.27 bits per heavy atom. The molecule has 1 aromatic carbocycles. The predicted molar refractivity (Wildman–Crippen MR) is 87.4 cm³/mol. The SMILES string of the molecule is COC(=O)c1cc(F)c(OC)cc1NC(=O)c1ccn2c(N)nnc2n1. The van der Waals surface area contributed by atoms with Crippen LogP contribution in [0.1, 0.15) is 20.8 Å². The molecule has 3 aromatic rings. The number of methoxy groups -OCH3 is 2. The van der Waals surface area contributed by atoms with Crippen molar-refractivity contribution in [2.45, 2.75) is 0 Å². The quantitative estimate of drug-likeness (QED) is 0.655. The van der Waals surface area contributed by atoms with Crippen LogP contribution in [0.2, 0.25) is 0 Å². The Bertz CT molecular complexity index is 1020. The average Bonchev–Trinajstić information content (AvgIpc) is 3.02. The highest BCUT2D eigenvalue weighted by molar-refractivity contribution is 6.07. The fourth-order valence-electron chi connectivity index (χ4n) is 2.21. The monoisotopic (exact) mass is 360 g/mol. The lowest BCUT2D eigenvalue weighted by atomic mass is 10.1. The number of esters is 1. The molecule has 0 unspecified atom stereocenters. The van der Waals surface area contributed by atoms with E-state index in [9.17, 15) is 14.0 Å². The van der Waals surface area contributed by atoms with Gasteiger partial charge in [-0.15, -0.1) is 10.2 Å². The third kappa shape index (κ3) is 2.97. The van der Waals surface area contributed by atoms with Crippen molar-refractivity contribution in [2.24, 2.45) is 0 Å². The van der Waals surface area contributed by atoms with Gasteiger partial charge < -0.3 is 20.5 Å². The van der Waals surface area contributed by atoms with E-state index in [1.54, 1.807) is 0 Å². The van der Waals surface area contributed by atoms with Gasteiger partial charge in [0.05, 0.1) is 25.5 Å². The number of benzene rings is 1. The number of fused-ring (bicyclic) bond motifs is 1. The average molecular weight is 360 g/mol. The van der Waals surface area contributed by atoms with Crippen LogP contribution in [0, 0.1) is 5.82 Å². The number of ether oxygens (including phenoxy) is 2. The molecule has 0 aliphatic heterocycles. The van der Waals surface area contributed by atoms with Crippen molar-refractivity contribution >= 4 is 29.3 Å². The summed E-state index contributed by atoms with van der Waals surface area (Å²) in [6, 6.07) is 3.48. The first-order valence-electron chi connectivity index (χ1n) is 7.19. The third-order valence-corrected chi connectivity index (χ3v) is 3.48. The van der Waals surface area contributed by atoms with Crippen molar-refractivity contribution in [3.63, 3.8) is 0 Å². The van der Waals surface area contributed by atoms with Gasteiger partial charge in [-0.1, -0.05) is 0 Å². The number of nitrogens with one attached hydrogen (secondary N) is 1. The summed E-state index contributed by atoms with van der Waals surface area (Å²) in [6.45, 7) is 0. The first-order valence-corrected chi connectivity index (χ1v) is 7.19. The number of rotatable bonds is 4. The summed E-state index contributed by atoms with van der Waals surface area (Å²) < 4.78 is 24.7. The molecule has 10 nitrogen and oxygen atoms in total. The number of hydrogen-bond acceptors (Lipinski definition) is 8. The zero-order chi connectivity index (χ0) is 18.8. The fourth-order valence-corrected chi connectivity index (χ4v) is 2.21. The maximum absolute atomic E-state index is 13.9. The molecule has 0 aliphatic rings. The lowest BCUT2D eigenvalue weighted by Crippen LogP contribution is -2.17. The van der Waals surface area contributed by atoms with E-state index in [0.717, 1.165) is 13.2 Å². The fraction of sp³-hybridized carbons (Fsp3) is 0.133. The molecular formula is C15H13FN6O4. The molecule has 11 heteroatoms. The molecule has 0 saturated carbocycles. The molecule has 3 N–H and O–H groups in total. The normalized spacial score (nSPS) is 10.6. The number of carbonyl (C=O) groups is 2. The maximum atomic E-state index is 13.9. The van der Waals surface area contributed by atoms with Gasteiger partial charge in [0.25, 0.3) is 11.7 Å². The minimum Gasteiger partial charge on any atom is -0.494 e. The molecule has 0 spiro atoms. The van der Waals surface area contributed by atoms with Gasteiger partial charge >= 0.3 is 5.97 Å². The van der Waals surface area contributed by atoms with Crippen LogP contribution in [0.25, 0.3) is 5.78 Å². The molecule has 0 bridgehead atoms. The van der Waals surface area contributed by atoms with Crippen LogP contribution in [0.5, 0.6) is 5.75 Å². The second-order valence-corrected chi connectivity index (χ2v) is 5.02. The van der Waals surface area contributed by atoms with Crippen molar-refractivity contribution in [2.75, 3.05) is 25.3 Å². The highest BCUT2D eigenvalue weighted by atomic mass is 19.1. The summed E-state index contributed by atoms with van der Waals surface area (Å²) in [7, 11) is 2.40. The lowest BCUT2D eigenvalue weighted by Gasteiger charge is -2.12. The molecule has 0 atom stereocenters. The molecule has 2 aromatic heterocycles. The Morgan fingerprint density at radius 2 is 2.04 bits per heavy atom. The summed E-state index contributed by atoms with van der Waals surface area (Å²) in [4.78, 5) is 28.3. The molecule has 2 heterocycles. The Balaban J connectivity index is 1.97. The van der Waals surface area contributed by atoms with E-state index in [2.05, 4.69) is 25.2 Å². The van der Waals surface area contributed by atoms with Gasteiger partial charge in [0.2, 0.25) is 5.95 Å². The Morgan fingerprint density at radius 3 is 2.73 bits per heavy atom. The number of aromatic nitrogens is 4. The number of nitrogens with zero attached hydrogens (tertiary/aromatic N) is 4. The number of nitrogen functional groups attached to an aromatic ring is 1. The molecule has 0 saturated heterocycles. The largest absolute Gasteiger partial charge is 0.494 e. The molecule has 0 radical (unpaired) electrons. The van der Waals surface area contributed by atoms with Crippen molar-refractivity contribution in [1.29, 1.82) is 0 Å². The second-order valence-electron chi connectivity index (χ2n) is 5.02. The minimum atomic E-state index is -0.824. The van der Waals surface area contributed by atoms with Crippen LogP contribution in [-0.2, 0) is 4.74 Å². The molecule has 0 fully saturated rings. The van der Waals surface area contributed by atoms with Gasteiger partial charge in [0.15, 0.2) is 11.6 Å². The van der Waals surface area contributed by atoms with Gasteiger partial charge in [-0.3, -0.25) is 9.20 Å².